The maximum absolute atomic E-state index is 12.4. The zero-order valence-corrected chi connectivity index (χ0v) is 20.8. The lowest BCUT2D eigenvalue weighted by atomic mass is 9.95. The fourth-order valence-electron chi connectivity index (χ4n) is 6.00. The molecule has 35 heavy (non-hydrogen) atoms. The summed E-state index contributed by atoms with van der Waals surface area (Å²) in [5, 5.41) is 10.2. The molecule has 1 aromatic heterocycles. The summed E-state index contributed by atoms with van der Waals surface area (Å²) in [7, 11) is 0. The third kappa shape index (κ3) is 5.87. The minimum Gasteiger partial charge on any atom is -0.480 e. The number of aliphatic carboxylic acids is 1. The fraction of sp³-hybridized carbons (Fsp3) is 0.586. The molecule has 188 valence electrons. The summed E-state index contributed by atoms with van der Waals surface area (Å²) in [5.74, 6) is -0.769. The normalized spacial score (nSPS) is 21.3. The number of hydrogen-bond acceptors (Lipinski definition) is 5. The van der Waals surface area contributed by atoms with Crippen LogP contribution >= 0.6 is 0 Å². The van der Waals surface area contributed by atoms with E-state index in [0.29, 0.717) is 6.54 Å². The molecule has 0 saturated carbocycles. The van der Waals surface area contributed by atoms with Gasteiger partial charge in [0.15, 0.2) is 0 Å². The number of aromatic nitrogens is 1. The Bertz CT molecular complexity index is 1000. The Balaban J connectivity index is 1.10. The van der Waals surface area contributed by atoms with Crippen molar-refractivity contribution in [2.24, 2.45) is 0 Å². The highest BCUT2D eigenvalue weighted by molar-refractivity contribution is 5.79. The second kappa shape index (κ2) is 11.5. The molecule has 2 aliphatic heterocycles. The number of para-hydroxylation sites is 1. The lowest BCUT2D eigenvalue weighted by Gasteiger charge is -2.29. The predicted octanol–water partition coefficient (Wildman–Crippen LogP) is 4.80. The van der Waals surface area contributed by atoms with E-state index in [4.69, 9.17) is 9.72 Å². The van der Waals surface area contributed by atoms with E-state index in [9.17, 15) is 9.90 Å². The number of pyridine rings is 1. The number of ether oxygens (including phenoxy) is 1. The Hall–Kier alpha value is -2.44. The number of fused-ring (bicyclic) bond motifs is 1. The summed E-state index contributed by atoms with van der Waals surface area (Å²) in [6, 6.07) is 11.9. The molecule has 1 aliphatic carbocycles. The zero-order valence-electron chi connectivity index (χ0n) is 20.8. The number of unbranched alkanes of at least 4 members (excludes halogenated alkanes) is 1. The summed E-state index contributed by atoms with van der Waals surface area (Å²) in [5.41, 5.74) is 5.96. The standard InChI is InChI=1S/C29H39N3O3/c33-29(34)28(25-11-2-4-13-27(25)31-17-6-7-18-31)32-19-16-24(21-32)35-20-8-5-10-23-15-14-22-9-1-3-12-26(22)30-23/h2,4,11,13-15,24,28H,1,3,5-10,12,16-21H2,(H,33,34)/t24-,28?/m1/s1. The smallest absolute Gasteiger partial charge is 0.325 e. The number of hydrogen-bond donors (Lipinski definition) is 1. The van der Waals surface area contributed by atoms with Gasteiger partial charge in [0.25, 0.3) is 0 Å². The first-order valence-corrected chi connectivity index (χ1v) is 13.6. The van der Waals surface area contributed by atoms with Gasteiger partial charge in [-0.1, -0.05) is 24.3 Å². The number of anilines is 1. The van der Waals surface area contributed by atoms with Crippen LogP contribution in [0.2, 0.25) is 0 Å². The lowest BCUT2D eigenvalue weighted by Crippen LogP contribution is -2.35. The van der Waals surface area contributed by atoms with Gasteiger partial charge < -0.3 is 14.7 Å². The average Bonchev–Trinajstić information content (AvgIpc) is 3.57. The van der Waals surface area contributed by atoms with Crippen molar-refractivity contribution in [2.75, 3.05) is 37.7 Å². The van der Waals surface area contributed by atoms with Crippen LogP contribution in [0.15, 0.2) is 36.4 Å². The first kappa shape index (κ1) is 24.3. The molecule has 3 aliphatic rings. The molecule has 0 bridgehead atoms. The van der Waals surface area contributed by atoms with Gasteiger partial charge in [-0.25, -0.2) is 0 Å². The van der Waals surface area contributed by atoms with Crippen LogP contribution in [0.5, 0.6) is 0 Å². The predicted molar refractivity (Wildman–Crippen MR) is 138 cm³/mol. The molecule has 5 rings (SSSR count). The number of rotatable bonds is 10. The van der Waals surface area contributed by atoms with Crippen molar-refractivity contribution in [1.29, 1.82) is 0 Å². The van der Waals surface area contributed by atoms with Crippen LogP contribution in [0, 0.1) is 0 Å². The number of aryl methyl sites for hydroxylation is 3. The third-order valence-corrected chi connectivity index (χ3v) is 7.87. The molecule has 6 heteroatoms. The van der Waals surface area contributed by atoms with Crippen LogP contribution in [0.1, 0.15) is 73.5 Å². The third-order valence-electron chi connectivity index (χ3n) is 7.87. The summed E-state index contributed by atoms with van der Waals surface area (Å²) >= 11 is 0. The number of carboxylic acids is 1. The molecule has 2 saturated heterocycles. The quantitative estimate of drug-likeness (QED) is 0.496. The molecule has 6 nitrogen and oxygen atoms in total. The Labute approximate surface area is 209 Å². The first-order chi connectivity index (χ1) is 17.2. The highest BCUT2D eigenvalue weighted by Crippen LogP contribution is 2.34. The van der Waals surface area contributed by atoms with Crippen molar-refractivity contribution in [1.82, 2.24) is 9.88 Å². The van der Waals surface area contributed by atoms with Crippen molar-refractivity contribution in [2.45, 2.75) is 76.4 Å². The number of likely N-dealkylation sites (tertiary alicyclic amines) is 1. The van der Waals surface area contributed by atoms with E-state index in [0.717, 1.165) is 69.6 Å². The van der Waals surface area contributed by atoms with Crippen LogP contribution in [0.25, 0.3) is 0 Å². The SMILES string of the molecule is O=C(O)C(c1ccccc1N1CCCC1)N1CC[C@@H](OCCCCc2ccc3c(n2)CCCC3)C1. The minimum atomic E-state index is -0.769. The maximum Gasteiger partial charge on any atom is 0.325 e. The molecule has 1 N–H and O–H groups in total. The van der Waals surface area contributed by atoms with Crippen molar-refractivity contribution in [3.8, 4) is 0 Å². The molecular formula is C29H39N3O3. The van der Waals surface area contributed by atoms with Crippen LogP contribution < -0.4 is 4.90 Å². The molecule has 0 spiro atoms. The molecule has 1 aromatic carbocycles. The minimum absolute atomic E-state index is 0.109. The second-order valence-corrected chi connectivity index (χ2v) is 10.3. The van der Waals surface area contributed by atoms with E-state index in [2.05, 4.69) is 28.0 Å². The summed E-state index contributed by atoms with van der Waals surface area (Å²) in [6.45, 7) is 4.18. The van der Waals surface area contributed by atoms with Crippen molar-refractivity contribution in [3.05, 3.63) is 58.9 Å². The number of nitrogens with zero attached hydrogens (tertiary/aromatic N) is 3. The first-order valence-electron chi connectivity index (χ1n) is 13.6. The van der Waals surface area contributed by atoms with Gasteiger partial charge in [0.2, 0.25) is 0 Å². The van der Waals surface area contributed by atoms with Crippen LogP contribution in [-0.2, 0) is 28.8 Å². The molecule has 2 aromatic rings. The van der Waals surface area contributed by atoms with Crippen molar-refractivity contribution >= 4 is 11.7 Å². The molecular weight excluding hydrogens is 438 g/mol. The van der Waals surface area contributed by atoms with Crippen molar-refractivity contribution < 1.29 is 14.6 Å². The Morgan fingerprint density at radius 2 is 1.86 bits per heavy atom. The van der Waals surface area contributed by atoms with Gasteiger partial charge in [-0.2, -0.15) is 0 Å². The largest absolute Gasteiger partial charge is 0.480 e. The van der Waals surface area contributed by atoms with Gasteiger partial charge >= 0.3 is 5.97 Å². The topological polar surface area (TPSA) is 65.9 Å². The molecule has 2 fully saturated rings. The molecule has 2 atom stereocenters. The van der Waals surface area contributed by atoms with E-state index in [-0.39, 0.29) is 6.10 Å². The average molecular weight is 478 g/mol. The number of carbonyl (C=O) groups is 1. The van der Waals surface area contributed by atoms with Crippen molar-refractivity contribution in [3.63, 3.8) is 0 Å². The fourth-order valence-corrected chi connectivity index (χ4v) is 6.00. The summed E-state index contributed by atoms with van der Waals surface area (Å²) in [6.07, 6.45) is 11.3. The Morgan fingerprint density at radius 1 is 1.03 bits per heavy atom. The number of carboxylic acid groups (broad SMARTS) is 1. The summed E-state index contributed by atoms with van der Waals surface area (Å²) in [4.78, 5) is 21.7. The van der Waals surface area contributed by atoms with Gasteiger partial charge in [0, 0.05) is 55.4 Å². The summed E-state index contributed by atoms with van der Waals surface area (Å²) < 4.78 is 6.19. The van der Waals surface area contributed by atoms with Gasteiger partial charge in [-0.05, 0) is 81.9 Å². The van der Waals surface area contributed by atoms with E-state index in [1.807, 2.05) is 18.2 Å². The van der Waals surface area contributed by atoms with Crippen LogP contribution in [0.4, 0.5) is 5.69 Å². The Kier molecular flexibility index (Phi) is 7.99. The maximum atomic E-state index is 12.4. The highest BCUT2D eigenvalue weighted by atomic mass is 16.5. The monoisotopic (exact) mass is 477 g/mol. The van der Waals surface area contributed by atoms with Gasteiger partial charge in [0.05, 0.1) is 6.10 Å². The molecule has 3 heterocycles. The van der Waals surface area contributed by atoms with E-state index < -0.39 is 12.0 Å². The molecule has 1 unspecified atom stereocenters. The van der Waals surface area contributed by atoms with Gasteiger partial charge in [-0.15, -0.1) is 0 Å². The molecule has 0 radical (unpaired) electrons. The van der Waals surface area contributed by atoms with Gasteiger partial charge in [-0.3, -0.25) is 14.7 Å². The molecule has 0 amide bonds. The van der Waals surface area contributed by atoms with E-state index in [1.165, 1.54) is 49.1 Å². The van der Waals surface area contributed by atoms with E-state index >= 15 is 0 Å². The van der Waals surface area contributed by atoms with Crippen LogP contribution in [-0.4, -0.2) is 59.8 Å². The van der Waals surface area contributed by atoms with Crippen LogP contribution in [0.3, 0.4) is 0 Å². The number of benzene rings is 1. The van der Waals surface area contributed by atoms with Gasteiger partial charge in [0.1, 0.15) is 6.04 Å². The second-order valence-electron chi connectivity index (χ2n) is 10.3. The Morgan fingerprint density at radius 3 is 2.71 bits per heavy atom. The zero-order chi connectivity index (χ0) is 24.0. The lowest BCUT2D eigenvalue weighted by molar-refractivity contribution is -0.143. The van der Waals surface area contributed by atoms with E-state index in [1.54, 1.807) is 0 Å². The highest BCUT2D eigenvalue weighted by Gasteiger charge is 2.36.